The number of hydrogen-bond acceptors (Lipinski definition) is 5. The van der Waals surface area contributed by atoms with Crippen LogP contribution in [0, 0.1) is 13.8 Å². The van der Waals surface area contributed by atoms with Gasteiger partial charge in [-0.2, -0.15) is 0 Å². The van der Waals surface area contributed by atoms with Crippen molar-refractivity contribution in [2.75, 3.05) is 12.3 Å². The number of aromatic nitrogens is 2. The van der Waals surface area contributed by atoms with Gasteiger partial charge in [0.2, 0.25) is 5.91 Å². The van der Waals surface area contributed by atoms with E-state index in [-0.39, 0.29) is 11.5 Å². The molecule has 0 radical (unpaired) electrons. The minimum atomic E-state index is -0.0682. The number of amides is 1. The molecular formula is C23H27N3O2S2. The number of carbonyl (C=O) groups excluding carboxylic acids is 1. The van der Waals surface area contributed by atoms with Gasteiger partial charge in [-0.3, -0.25) is 14.2 Å². The van der Waals surface area contributed by atoms with E-state index in [0.717, 1.165) is 42.6 Å². The topological polar surface area (TPSA) is 55.2 Å². The van der Waals surface area contributed by atoms with Crippen molar-refractivity contribution in [2.45, 2.75) is 57.7 Å². The largest absolute Gasteiger partial charge is 0.339 e. The molecule has 1 saturated heterocycles. The molecule has 0 bridgehead atoms. The van der Waals surface area contributed by atoms with Crippen molar-refractivity contribution in [1.29, 1.82) is 0 Å². The third-order valence-corrected chi connectivity index (χ3v) is 7.60. The Morgan fingerprint density at radius 3 is 2.87 bits per heavy atom. The maximum absolute atomic E-state index is 13.3. The first kappa shape index (κ1) is 21.1. The van der Waals surface area contributed by atoms with Crippen molar-refractivity contribution in [2.24, 2.45) is 0 Å². The lowest BCUT2D eigenvalue weighted by molar-refractivity contribution is -0.132. The summed E-state index contributed by atoms with van der Waals surface area (Å²) in [6.45, 7) is 7.02. The Hall–Kier alpha value is -2.12. The zero-order valence-corrected chi connectivity index (χ0v) is 19.3. The van der Waals surface area contributed by atoms with Crippen molar-refractivity contribution in [3.8, 4) is 5.69 Å². The Morgan fingerprint density at radius 2 is 2.10 bits per heavy atom. The first-order valence-corrected chi connectivity index (χ1v) is 12.4. The highest BCUT2D eigenvalue weighted by molar-refractivity contribution is 7.99. The van der Waals surface area contributed by atoms with E-state index >= 15 is 0 Å². The summed E-state index contributed by atoms with van der Waals surface area (Å²) in [5, 5.41) is 2.47. The fraction of sp³-hybridized carbons (Fsp3) is 0.435. The number of hydrogen-bond donors (Lipinski definition) is 0. The van der Waals surface area contributed by atoms with E-state index < -0.39 is 0 Å². The molecule has 1 amide bonds. The van der Waals surface area contributed by atoms with E-state index in [0.29, 0.717) is 27.2 Å². The number of thiophene rings is 1. The van der Waals surface area contributed by atoms with E-state index in [1.165, 1.54) is 29.5 Å². The van der Waals surface area contributed by atoms with Crippen LogP contribution in [0.2, 0.25) is 0 Å². The standard InChI is InChI=1S/C23H27N3O2S2/c1-4-17-7-5-6-11-25(17)20(27)14-30-23-24-18-10-12-29-21(18)22(28)26(23)19-9-8-15(2)13-16(19)3/h8-10,12-13,17H,4-7,11,14H2,1-3H3/t17-/m1/s1. The Labute approximate surface area is 185 Å². The second kappa shape index (κ2) is 8.94. The summed E-state index contributed by atoms with van der Waals surface area (Å²) in [5.41, 5.74) is 3.62. The van der Waals surface area contributed by atoms with Crippen LogP contribution in [-0.4, -0.2) is 38.7 Å². The van der Waals surface area contributed by atoms with Crippen LogP contribution in [0.3, 0.4) is 0 Å². The van der Waals surface area contributed by atoms with Gasteiger partial charge in [-0.05, 0) is 62.6 Å². The number of likely N-dealkylation sites (tertiary alicyclic amines) is 1. The molecule has 0 saturated carbocycles. The van der Waals surface area contributed by atoms with Gasteiger partial charge < -0.3 is 4.90 Å². The monoisotopic (exact) mass is 441 g/mol. The highest BCUT2D eigenvalue weighted by Crippen LogP contribution is 2.27. The summed E-state index contributed by atoms with van der Waals surface area (Å²) in [6.07, 6.45) is 4.33. The van der Waals surface area contributed by atoms with Crippen LogP contribution in [0.1, 0.15) is 43.7 Å². The van der Waals surface area contributed by atoms with Gasteiger partial charge in [0.15, 0.2) is 5.16 Å². The quantitative estimate of drug-likeness (QED) is 0.415. The average molecular weight is 442 g/mol. The van der Waals surface area contributed by atoms with Crippen molar-refractivity contribution in [3.63, 3.8) is 0 Å². The second-order valence-corrected chi connectivity index (χ2v) is 9.75. The molecule has 1 fully saturated rings. The van der Waals surface area contributed by atoms with Gasteiger partial charge in [0, 0.05) is 12.6 Å². The fourth-order valence-electron chi connectivity index (χ4n) is 4.22. The highest BCUT2D eigenvalue weighted by atomic mass is 32.2. The van der Waals surface area contributed by atoms with Crippen LogP contribution in [0.25, 0.3) is 15.9 Å². The second-order valence-electron chi connectivity index (χ2n) is 7.89. The molecule has 3 heterocycles. The van der Waals surface area contributed by atoms with E-state index in [1.807, 2.05) is 42.3 Å². The Morgan fingerprint density at radius 1 is 1.27 bits per heavy atom. The summed E-state index contributed by atoms with van der Waals surface area (Å²) >= 11 is 2.78. The lowest BCUT2D eigenvalue weighted by atomic mass is 10.0. The number of aryl methyl sites for hydroxylation is 2. The third kappa shape index (κ3) is 4.05. The van der Waals surface area contributed by atoms with Gasteiger partial charge in [-0.15, -0.1) is 11.3 Å². The molecule has 4 rings (SSSR count). The number of carbonyl (C=O) groups is 1. The van der Waals surface area contributed by atoms with Crippen molar-refractivity contribution < 1.29 is 4.79 Å². The smallest absolute Gasteiger partial charge is 0.276 e. The van der Waals surface area contributed by atoms with Gasteiger partial charge in [0.25, 0.3) is 5.56 Å². The minimum Gasteiger partial charge on any atom is -0.339 e. The SMILES string of the molecule is CC[C@@H]1CCCCN1C(=O)CSc1nc2ccsc2c(=O)n1-c1ccc(C)cc1C. The van der Waals surface area contributed by atoms with Crippen molar-refractivity contribution in [1.82, 2.24) is 14.5 Å². The van der Waals surface area contributed by atoms with Crippen molar-refractivity contribution in [3.05, 3.63) is 51.1 Å². The van der Waals surface area contributed by atoms with Gasteiger partial charge >= 0.3 is 0 Å². The summed E-state index contributed by atoms with van der Waals surface area (Å²) < 4.78 is 2.33. The molecule has 0 unspecified atom stereocenters. The molecule has 3 aromatic rings. The average Bonchev–Trinajstić information content (AvgIpc) is 3.22. The first-order valence-electron chi connectivity index (χ1n) is 10.5. The van der Waals surface area contributed by atoms with Crippen LogP contribution in [0.5, 0.6) is 0 Å². The van der Waals surface area contributed by atoms with Gasteiger partial charge in [-0.25, -0.2) is 4.98 Å². The minimum absolute atomic E-state index is 0.0682. The summed E-state index contributed by atoms with van der Waals surface area (Å²) in [6, 6.07) is 8.25. The number of piperidine rings is 1. The third-order valence-electron chi connectivity index (χ3n) is 5.79. The summed E-state index contributed by atoms with van der Waals surface area (Å²) in [5.74, 6) is 0.433. The molecule has 1 aromatic carbocycles. The van der Waals surface area contributed by atoms with E-state index in [9.17, 15) is 9.59 Å². The molecular weight excluding hydrogens is 414 g/mol. The molecule has 30 heavy (non-hydrogen) atoms. The molecule has 0 N–H and O–H groups in total. The Kier molecular flexibility index (Phi) is 6.29. The molecule has 158 valence electrons. The molecule has 1 atom stereocenters. The summed E-state index contributed by atoms with van der Waals surface area (Å²) in [4.78, 5) is 33.1. The van der Waals surface area contributed by atoms with E-state index in [1.54, 1.807) is 4.57 Å². The van der Waals surface area contributed by atoms with Crippen LogP contribution in [0.15, 0.2) is 39.6 Å². The van der Waals surface area contributed by atoms with Crippen molar-refractivity contribution >= 4 is 39.2 Å². The molecule has 2 aromatic heterocycles. The number of rotatable bonds is 5. The molecule has 0 aliphatic carbocycles. The number of nitrogens with zero attached hydrogens (tertiary/aromatic N) is 3. The molecule has 0 spiro atoms. The zero-order valence-electron chi connectivity index (χ0n) is 17.7. The lowest BCUT2D eigenvalue weighted by Crippen LogP contribution is -2.44. The normalized spacial score (nSPS) is 16.9. The number of benzene rings is 1. The number of thioether (sulfide) groups is 1. The van der Waals surface area contributed by atoms with Gasteiger partial charge in [0.05, 0.1) is 17.0 Å². The first-order chi connectivity index (χ1) is 14.5. The Balaban J connectivity index is 1.69. The van der Waals surface area contributed by atoms with Crippen LogP contribution < -0.4 is 5.56 Å². The molecule has 7 heteroatoms. The predicted octanol–water partition coefficient (Wildman–Crippen LogP) is 4.95. The predicted molar refractivity (Wildman–Crippen MR) is 125 cm³/mol. The highest BCUT2D eigenvalue weighted by Gasteiger charge is 2.26. The fourth-order valence-corrected chi connectivity index (χ4v) is 5.87. The molecule has 1 aliphatic heterocycles. The zero-order chi connectivity index (χ0) is 21.3. The van der Waals surface area contributed by atoms with Gasteiger partial charge in [0.1, 0.15) is 4.70 Å². The van der Waals surface area contributed by atoms with Gasteiger partial charge in [-0.1, -0.05) is 36.4 Å². The van der Waals surface area contributed by atoms with E-state index in [2.05, 4.69) is 13.0 Å². The maximum Gasteiger partial charge on any atom is 0.276 e. The van der Waals surface area contributed by atoms with Crippen LogP contribution in [-0.2, 0) is 4.79 Å². The Bertz CT molecular complexity index is 1140. The van der Waals surface area contributed by atoms with E-state index in [4.69, 9.17) is 4.98 Å². The van der Waals surface area contributed by atoms with Crippen LogP contribution >= 0.6 is 23.1 Å². The maximum atomic E-state index is 13.3. The number of fused-ring (bicyclic) bond motifs is 1. The summed E-state index contributed by atoms with van der Waals surface area (Å²) in [7, 11) is 0. The lowest BCUT2D eigenvalue weighted by Gasteiger charge is -2.35. The molecule has 5 nitrogen and oxygen atoms in total. The van der Waals surface area contributed by atoms with Crippen LogP contribution in [0.4, 0.5) is 0 Å². The molecule has 1 aliphatic rings.